The van der Waals surface area contributed by atoms with Gasteiger partial charge in [-0.2, -0.15) is 0 Å². The molecule has 1 heterocycles. The summed E-state index contributed by atoms with van der Waals surface area (Å²) in [6.45, 7) is 4.14. The Bertz CT molecular complexity index is 330. The number of rotatable bonds is 4. The molecule has 1 unspecified atom stereocenters. The first-order valence-corrected chi connectivity index (χ1v) is 5.38. The molecular formula is C10H14O3S. The first kappa shape index (κ1) is 11.0. The van der Waals surface area contributed by atoms with Crippen LogP contribution in [0.3, 0.4) is 0 Å². The average Bonchev–Trinajstić information content (AvgIpc) is 2.59. The molecule has 4 heteroatoms. The molecular weight excluding hydrogens is 200 g/mol. The molecule has 1 N–H and O–H groups in total. The van der Waals surface area contributed by atoms with Gasteiger partial charge in [0.15, 0.2) is 0 Å². The van der Waals surface area contributed by atoms with Gasteiger partial charge in [0.2, 0.25) is 0 Å². The van der Waals surface area contributed by atoms with E-state index >= 15 is 0 Å². The summed E-state index contributed by atoms with van der Waals surface area (Å²) in [4.78, 5) is 11.9. The molecule has 1 aromatic heterocycles. The van der Waals surface area contributed by atoms with E-state index < -0.39 is 5.97 Å². The number of aromatic carboxylic acids is 1. The highest BCUT2D eigenvalue weighted by molar-refractivity contribution is 7.10. The maximum Gasteiger partial charge on any atom is 0.340 e. The van der Waals surface area contributed by atoms with Crippen LogP contribution in [0.15, 0.2) is 5.38 Å². The minimum atomic E-state index is -0.923. The third kappa shape index (κ3) is 1.90. The van der Waals surface area contributed by atoms with Gasteiger partial charge in [0.25, 0.3) is 0 Å². The predicted octanol–water partition coefficient (Wildman–Crippen LogP) is 2.97. The zero-order valence-corrected chi connectivity index (χ0v) is 9.35. The van der Waals surface area contributed by atoms with Crippen molar-refractivity contribution in [1.82, 2.24) is 0 Å². The first-order valence-electron chi connectivity index (χ1n) is 4.50. The average molecular weight is 214 g/mol. The fourth-order valence-corrected chi connectivity index (χ4v) is 2.40. The standard InChI is InChI=1S/C10H14O3S/c1-4-6(2)9-8(13-3)7(5-14-9)10(11)12/h5-6H,4H2,1-3H3,(H,11,12). The van der Waals surface area contributed by atoms with Crippen molar-refractivity contribution < 1.29 is 14.6 Å². The summed E-state index contributed by atoms with van der Waals surface area (Å²) in [6.07, 6.45) is 0.982. The van der Waals surface area contributed by atoms with Crippen LogP contribution in [0.5, 0.6) is 5.75 Å². The summed E-state index contributed by atoms with van der Waals surface area (Å²) in [5.74, 6) is -0.0486. The lowest BCUT2D eigenvalue weighted by molar-refractivity contribution is 0.0694. The summed E-state index contributed by atoms with van der Waals surface area (Å²) < 4.78 is 5.13. The molecule has 0 fully saturated rings. The highest BCUT2D eigenvalue weighted by atomic mass is 32.1. The Balaban J connectivity index is 3.13. The molecule has 0 amide bonds. The minimum absolute atomic E-state index is 0.271. The Kier molecular flexibility index (Phi) is 3.52. The molecule has 0 saturated carbocycles. The molecule has 1 aromatic rings. The summed E-state index contributed by atoms with van der Waals surface area (Å²) in [5, 5.41) is 10.5. The monoisotopic (exact) mass is 214 g/mol. The predicted molar refractivity (Wildman–Crippen MR) is 56.5 cm³/mol. The van der Waals surface area contributed by atoms with Crippen molar-refractivity contribution in [3.63, 3.8) is 0 Å². The van der Waals surface area contributed by atoms with Crippen molar-refractivity contribution >= 4 is 17.3 Å². The molecule has 0 bridgehead atoms. The van der Waals surface area contributed by atoms with Gasteiger partial charge in [-0.15, -0.1) is 11.3 Å². The first-order chi connectivity index (χ1) is 6.61. The summed E-state index contributed by atoms with van der Waals surface area (Å²) >= 11 is 1.46. The van der Waals surface area contributed by atoms with Crippen molar-refractivity contribution in [3.05, 3.63) is 15.8 Å². The van der Waals surface area contributed by atoms with E-state index in [-0.39, 0.29) is 5.56 Å². The van der Waals surface area contributed by atoms with Gasteiger partial charge in [-0.25, -0.2) is 4.79 Å². The van der Waals surface area contributed by atoms with Crippen LogP contribution in [0, 0.1) is 0 Å². The third-order valence-corrected chi connectivity index (χ3v) is 3.46. The Morgan fingerprint density at radius 1 is 1.71 bits per heavy atom. The van der Waals surface area contributed by atoms with Crippen LogP contribution >= 0.6 is 11.3 Å². The molecule has 0 aromatic carbocycles. The van der Waals surface area contributed by atoms with Crippen LogP contribution < -0.4 is 4.74 Å². The Morgan fingerprint density at radius 3 is 2.79 bits per heavy atom. The smallest absolute Gasteiger partial charge is 0.340 e. The molecule has 14 heavy (non-hydrogen) atoms. The zero-order valence-electron chi connectivity index (χ0n) is 8.53. The summed E-state index contributed by atoms with van der Waals surface area (Å²) in [7, 11) is 1.51. The molecule has 78 valence electrons. The highest BCUT2D eigenvalue weighted by Gasteiger charge is 2.20. The second-order valence-corrected chi connectivity index (χ2v) is 4.07. The van der Waals surface area contributed by atoms with E-state index in [2.05, 4.69) is 13.8 Å². The molecule has 0 spiro atoms. The molecule has 0 aliphatic carbocycles. The normalized spacial score (nSPS) is 12.5. The van der Waals surface area contributed by atoms with E-state index in [9.17, 15) is 4.79 Å². The maximum absolute atomic E-state index is 10.8. The van der Waals surface area contributed by atoms with Crippen molar-refractivity contribution in [2.24, 2.45) is 0 Å². The number of hydrogen-bond acceptors (Lipinski definition) is 3. The van der Waals surface area contributed by atoms with Crippen LogP contribution in [0.1, 0.15) is 41.4 Å². The van der Waals surface area contributed by atoms with Gasteiger partial charge >= 0.3 is 5.97 Å². The van der Waals surface area contributed by atoms with Gasteiger partial charge in [0.1, 0.15) is 11.3 Å². The maximum atomic E-state index is 10.8. The zero-order chi connectivity index (χ0) is 10.7. The van der Waals surface area contributed by atoms with E-state index in [4.69, 9.17) is 9.84 Å². The van der Waals surface area contributed by atoms with E-state index in [0.717, 1.165) is 11.3 Å². The van der Waals surface area contributed by atoms with E-state index in [1.165, 1.54) is 18.4 Å². The van der Waals surface area contributed by atoms with Crippen molar-refractivity contribution in [2.45, 2.75) is 26.2 Å². The van der Waals surface area contributed by atoms with Crippen LogP contribution in [0.2, 0.25) is 0 Å². The molecule has 0 aliphatic heterocycles. The minimum Gasteiger partial charge on any atom is -0.495 e. The Hall–Kier alpha value is -1.03. The van der Waals surface area contributed by atoms with Gasteiger partial charge < -0.3 is 9.84 Å². The molecule has 0 aliphatic rings. The van der Waals surface area contributed by atoms with E-state index in [1.54, 1.807) is 5.38 Å². The number of ether oxygens (including phenoxy) is 1. The lowest BCUT2D eigenvalue weighted by atomic mass is 10.1. The second kappa shape index (κ2) is 4.46. The largest absolute Gasteiger partial charge is 0.495 e. The Labute approximate surface area is 87.3 Å². The summed E-state index contributed by atoms with van der Waals surface area (Å²) in [5.41, 5.74) is 0.271. The van der Waals surface area contributed by atoms with Gasteiger partial charge in [0.05, 0.1) is 12.0 Å². The van der Waals surface area contributed by atoms with Crippen molar-refractivity contribution in [1.29, 1.82) is 0 Å². The highest BCUT2D eigenvalue weighted by Crippen LogP contribution is 2.37. The number of methoxy groups -OCH3 is 1. The quantitative estimate of drug-likeness (QED) is 0.838. The summed E-state index contributed by atoms with van der Waals surface area (Å²) in [6, 6.07) is 0. The number of hydrogen-bond donors (Lipinski definition) is 1. The van der Waals surface area contributed by atoms with Crippen LogP contribution in [0.25, 0.3) is 0 Å². The number of thiophene rings is 1. The molecule has 0 radical (unpaired) electrons. The number of carboxylic acid groups (broad SMARTS) is 1. The van der Waals surface area contributed by atoms with E-state index in [1.807, 2.05) is 0 Å². The van der Waals surface area contributed by atoms with Crippen LogP contribution in [0.4, 0.5) is 0 Å². The van der Waals surface area contributed by atoms with E-state index in [0.29, 0.717) is 11.7 Å². The van der Waals surface area contributed by atoms with Crippen molar-refractivity contribution in [3.8, 4) is 5.75 Å². The van der Waals surface area contributed by atoms with Gasteiger partial charge in [-0.3, -0.25) is 0 Å². The molecule has 3 nitrogen and oxygen atoms in total. The fraction of sp³-hybridized carbons (Fsp3) is 0.500. The lowest BCUT2D eigenvalue weighted by Gasteiger charge is -2.09. The molecule has 1 rings (SSSR count). The van der Waals surface area contributed by atoms with Crippen molar-refractivity contribution in [2.75, 3.05) is 7.11 Å². The lowest BCUT2D eigenvalue weighted by Crippen LogP contribution is -1.99. The van der Waals surface area contributed by atoms with Gasteiger partial charge in [-0.1, -0.05) is 13.8 Å². The van der Waals surface area contributed by atoms with Gasteiger partial charge in [0, 0.05) is 5.38 Å². The number of carbonyl (C=O) groups is 1. The van der Waals surface area contributed by atoms with Crippen LogP contribution in [-0.2, 0) is 0 Å². The third-order valence-electron chi connectivity index (χ3n) is 2.27. The molecule has 0 saturated heterocycles. The second-order valence-electron chi connectivity index (χ2n) is 3.16. The molecule has 1 atom stereocenters. The topological polar surface area (TPSA) is 46.5 Å². The SMILES string of the molecule is CCC(C)c1scc(C(=O)O)c1OC. The fourth-order valence-electron chi connectivity index (χ4n) is 1.25. The van der Waals surface area contributed by atoms with Crippen LogP contribution in [-0.4, -0.2) is 18.2 Å². The van der Waals surface area contributed by atoms with Gasteiger partial charge in [-0.05, 0) is 12.3 Å². The number of carboxylic acids is 1. The Morgan fingerprint density at radius 2 is 2.36 bits per heavy atom.